The Kier molecular flexibility index (Phi) is 5.46. The molecule has 5 rings (SSSR count). The Bertz CT molecular complexity index is 1170. The zero-order valence-electron chi connectivity index (χ0n) is 18.5. The van der Waals surface area contributed by atoms with Gasteiger partial charge in [0.25, 0.3) is 0 Å². The highest BCUT2D eigenvalue weighted by molar-refractivity contribution is 5.87. The zero-order valence-corrected chi connectivity index (χ0v) is 18.5. The summed E-state index contributed by atoms with van der Waals surface area (Å²) in [6.45, 7) is 6.87. The summed E-state index contributed by atoms with van der Waals surface area (Å²) in [5, 5.41) is 0. The fourth-order valence-electron chi connectivity index (χ4n) is 4.92. The van der Waals surface area contributed by atoms with Crippen LogP contribution in [0.25, 0.3) is 11.1 Å². The van der Waals surface area contributed by atoms with Crippen molar-refractivity contribution in [2.45, 2.75) is 12.8 Å². The lowest BCUT2D eigenvalue weighted by Gasteiger charge is -2.26. The number of amides is 1. The van der Waals surface area contributed by atoms with E-state index in [9.17, 15) is 4.79 Å². The number of carbonyl (C=O) groups is 1. The minimum atomic E-state index is 0.00936. The minimum Gasteiger partial charge on any atom is -0.457 e. The van der Waals surface area contributed by atoms with E-state index in [0.29, 0.717) is 5.82 Å². The molecule has 2 aliphatic rings. The molecule has 7 nitrogen and oxygen atoms in total. The number of rotatable bonds is 5. The van der Waals surface area contributed by atoms with Crippen LogP contribution < -0.4 is 15.4 Å². The molecule has 1 aromatic heterocycles. The van der Waals surface area contributed by atoms with Crippen LogP contribution in [0, 0.1) is 5.41 Å². The molecule has 168 valence electrons. The zero-order chi connectivity index (χ0) is 22.8. The van der Waals surface area contributed by atoms with Gasteiger partial charge in [0.1, 0.15) is 29.5 Å². The van der Waals surface area contributed by atoms with Crippen molar-refractivity contribution >= 4 is 17.5 Å². The van der Waals surface area contributed by atoms with E-state index < -0.39 is 0 Å². The number of hydrogen-bond acceptors (Lipinski definition) is 6. The molecule has 0 saturated carbocycles. The lowest BCUT2D eigenvalue weighted by Crippen LogP contribution is -2.33. The first-order chi connectivity index (χ1) is 16.1. The molecule has 1 atom stereocenters. The molecule has 1 unspecified atom stereocenters. The molecular formula is C26H27N5O2. The lowest BCUT2D eigenvalue weighted by atomic mass is 9.86. The van der Waals surface area contributed by atoms with E-state index in [4.69, 9.17) is 10.5 Å². The topological polar surface area (TPSA) is 84.6 Å². The second kappa shape index (κ2) is 8.58. The number of hydrogen-bond donors (Lipinski definition) is 1. The number of nitrogens with two attached hydrogens (primary N) is 1. The van der Waals surface area contributed by atoms with Gasteiger partial charge in [-0.25, -0.2) is 9.97 Å². The van der Waals surface area contributed by atoms with Gasteiger partial charge >= 0.3 is 0 Å². The third-order valence-electron chi connectivity index (χ3n) is 6.64. The molecule has 2 N–H and O–H groups in total. The average molecular weight is 442 g/mol. The highest BCUT2D eigenvalue weighted by atomic mass is 16.5. The van der Waals surface area contributed by atoms with Crippen molar-refractivity contribution in [2.75, 3.05) is 36.8 Å². The molecular weight excluding hydrogens is 414 g/mol. The Morgan fingerprint density at radius 1 is 1.00 bits per heavy atom. The number of likely N-dealkylation sites (tertiary alicyclic amines) is 1. The van der Waals surface area contributed by atoms with Crippen LogP contribution in [0.4, 0.5) is 11.6 Å². The summed E-state index contributed by atoms with van der Waals surface area (Å²) < 4.78 is 5.92. The summed E-state index contributed by atoms with van der Waals surface area (Å²) >= 11 is 0. The van der Waals surface area contributed by atoms with Crippen LogP contribution in [-0.2, 0) is 4.79 Å². The summed E-state index contributed by atoms with van der Waals surface area (Å²) in [7, 11) is 0. The normalized spacial score (nSPS) is 19.8. The summed E-state index contributed by atoms with van der Waals surface area (Å²) in [6, 6.07) is 17.5. The SMILES string of the molecule is C=CC(=O)N1CCC2(CCN(c3ncnc(N)c3-c3ccc(Oc4ccccc4)cc3)C2)C1. The molecule has 1 spiro atoms. The predicted molar refractivity (Wildman–Crippen MR) is 129 cm³/mol. The van der Waals surface area contributed by atoms with Crippen LogP contribution in [0.1, 0.15) is 12.8 Å². The second-order valence-electron chi connectivity index (χ2n) is 8.78. The highest BCUT2D eigenvalue weighted by Crippen LogP contribution is 2.43. The fourth-order valence-corrected chi connectivity index (χ4v) is 4.92. The molecule has 3 aromatic rings. The number of benzene rings is 2. The summed E-state index contributed by atoms with van der Waals surface area (Å²) in [5.74, 6) is 2.84. The molecule has 3 heterocycles. The van der Waals surface area contributed by atoms with Gasteiger partial charge in [-0.05, 0) is 48.7 Å². The van der Waals surface area contributed by atoms with E-state index in [-0.39, 0.29) is 11.3 Å². The van der Waals surface area contributed by atoms with Gasteiger partial charge in [0.15, 0.2) is 0 Å². The Labute approximate surface area is 193 Å². The Balaban J connectivity index is 1.38. The number of nitrogen functional groups attached to an aromatic ring is 1. The third-order valence-corrected chi connectivity index (χ3v) is 6.64. The third kappa shape index (κ3) is 4.14. The molecule has 2 aromatic carbocycles. The fraction of sp³-hybridized carbons (Fsp3) is 0.269. The van der Waals surface area contributed by atoms with Gasteiger partial charge in [0, 0.05) is 31.6 Å². The molecule has 33 heavy (non-hydrogen) atoms. The van der Waals surface area contributed by atoms with Crippen LogP contribution in [0.15, 0.2) is 73.6 Å². The van der Waals surface area contributed by atoms with E-state index in [0.717, 1.165) is 67.5 Å². The summed E-state index contributed by atoms with van der Waals surface area (Å²) in [4.78, 5) is 25.1. The van der Waals surface area contributed by atoms with E-state index in [2.05, 4.69) is 21.4 Å². The smallest absolute Gasteiger partial charge is 0.245 e. The van der Waals surface area contributed by atoms with E-state index in [1.807, 2.05) is 59.5 Å². The van der Waals surface area contributed by atoms with Gasteiger partial charge in [-0.15, -0.1) is 0 Å². The monoisotopic (exact) mass is 441 g/mol. The molecule has 2 aliphatic heterocycles. The highest BCUT2D eigenvalue weighted by Gasteiger charge is 2.45. The first-order valence-electron chi connectivity index (χ1n) is 11.2. The number of nitrogens with zero attached hydrogens (tertiary/aromatic N) is 4. The van der Waals surface area contributed by atoms with Crippen molar-refractivity contribution in [3.8, 4) is 22.6 Å². The number of anilines is 2. The Morgan fingerprint density at radius 3 is 2.48 bits per heavy atom. The summed E-state index contributed by atoms with van der Waals surface area (Å²) in [5.41, 5.74) is 8.20. The van der Waals surface area contributed by atoms with Gasteiger partial charge in [-0.3, -0.25) is 4.79 Å². The molecule has 7 heteroatoms. The number of carbonyl (C=O) groups excluding carboxylic acids is 1. The predicted octanol–water partition coefficient (Wildman–Crippen LogP) is 4.13. The molecule has 0 bridgehead atoms. The molecule has 2 saturated heterocycles. The van der Waals surface area contributed by atoms with Crippen molar-refractivity contribution in [1.29, 1.82) is 0 Å². The van der Waals surface area contributed by atoms with Crippen LogP contribution in [0.2, 0.25) is 0 Å². The molecule has 2 fully saturated rings. The van der Waals surface area contributed by atoms with Gasteiger partial charge in [0.05, 0.1) is 5.56 Å². The minimum absolute atomic E-state index is 0.00936. The lowest BCUT2D eigenvalue weighted by molar-refractivity contribution is -0.125. The Morgan fingerprint density at radius 2 is 1.73 bits per heavy atom. The van der Waals surface area contributed by atoms with Crippen LogP contribution in [0.5, 0.6) is 11.5 Å². The largest absolute Gasteiger partial charge is 0.457 e. The number of ether oxygens (including phenoxy) is 1. The molecule has 1 amide bonds. The van der Waals surface area contributed by atoms with Crippen LogP contribution >= 0.6 is 0 Å². The van der Waals surface area contributed by atoms with Crippen molar-refractivity contribution in [2.24, 2.45) is 5.41 Å². The van der Waals surface area contributed by atoms with Crippen LogP contribution in [0.3, 0.4) is 0 Å². The van der Waals surface area contributed by atoms with E-state index >= 15 is 0 Å². The van der Waals surface area contributed by atoms with E-state index in [1.165, 1.54) is 12.4 Å². The maximum absolute atomic E-state index is 12.1. The quantitative estimate of drug-likeness (QED) is 0.599. The van der Waals surface area contributed by atoms with Gasteiger partial charge < -0.3 is 20.3 Å². The second-order valence-corrected chi connectivity index (χ2v) is 8.78. The number of aromatic nitrogens is 2. The van der Waals surface area contributed by atoms with Gasteiger partial charge in [-0.2, -0.15) is 0 Å². The summed E-state index contributed by atoms with van der Waals surface area (Å²) in [6.07, 6.45) is 4.93. The van der Waals surface area contributed by atoms with Crippen LogP contribution in [-0.4, -0.2) is 47.0 Å². The molecule has 0 aliphatic carbocycles. The van der Waals surface area contributed by atoms with Gasteiger partial charge in [-0.1, -0.05) is 36.9 Å². The van der Waals surface area contributed by atoms with Gasteiger partial charge in [0.2, 0.25) is 5.91 Å². The van der Waals surface area contributed by atoms with Crippen molar-refractivity contribution in [1.82, 2.24) is 14.9 Å². The molecule has 0 radical (unpaired) electrons. The van der Waals surface area contributed by atoms with E-state index in [1.54, 1.807) is 0 Å². The first-order valence-corrected chi connectivity index (χ1v) is 11.2. The first kappa shape index (κ1) is 21.0. The van der Waals surface area contributed by atoms with Crippen molar-refractivity contribution < 1.29 is 9.53 Å². The maximum atomic E-state index is 12.1. The van der Waals surface area contributed by atoms with Crippen molar-refractivity contribution in [3.05, 3.63) is 73.6 Å². The average Bonchev–Trinajstić information content (AvgIpc) is 3.46. The van der Waals surface area contributed by atoms with Crippen molar-refractivity contribution in [3.63, 3.8) is 0 Å². The Hall–Kier alpha value is -3.87. The number of para-hydroxylation sites is 1. The standard InChI is InChI=1S/C26H27N5O2/c1-2-22(32)30-14-12-26(16-30)13-15-31(17-26)25-23(24(27)28-18-29-25)19-8-10-21(11-9-19)33-20-6-4-3-5-7-20/h2-11,18H,1,12-17H2,(H2,27,28,29). The maximum Gasteiger partial charge on any atom is 0.245 e.